The van der Waals surface area contributed by atoms with Crippen LogP contribution in [-0.4, -0.2) is 47.6 Å². The lowest BCUT2D eigenvalue weighted by Crippen LogP contribution is -2.35. The molecule has 0 spiro atoms. The fourth-order valence-electron chi connectivity index (χ4n) is 3.12. The number of amides is 2. The number of hydrogen-bond acceptors (Lipinski definition) is 6. The average molecular weight is 390 g/mol. The summed E-state index contributed by atoms with van der Waals surface area (Å²) in [5.41, 5.74) is 3.57. The van der Waals surface area contributed by atoms with Crippen LogP contribution in [0.4, 0.5) is 4.79 Å². The number of aromatic nitrogens is 1. The Balaban J connectivity index is 1.63. The van der Waals surface area contributed by atoms with Crippen molar-refractivity contribution < 1.29 is 23.9 Å². The van der Waals surface area contributed by atoms with Crippen LogP contribution < -0.4 is 0 Å². The van der Waals surface area contributed by atoms with E-state index >= 15 is 0 Å². The molecular formula is C22H18N2O5. The number of aryl methyl sites for hydroxylation is 1. The van der Waals surface area contributed by atoms with Crippen molar-refractivity contribution in [2.24, 2.45) is 0 Å². The van der Waals surface area contributed by atoms with Gasteiger partial charge in [-0.3, -0.25) is 4.79 Å². The maximum absolute atomic E-state index is 12.8. The first-order valence-corrected chi connectivity index (χ1v) is 9.14. The van der Waals surface area contributed by atoms with Crippen LogP contribution in [0.2, 0.25) is 0 Å². The lowest BCUT2D eigenvalue weighted by atomic mass is 10.0. The molecule has 3 aromatic rings. The Morgan fingerprint density at radius 3 is 2.62 bits per heavy atom. The van der Waals surface area contributed by atoms with Crippen molar-refractivity contribution in [3.05, 3.63) is 65.7 Å². The highest BCUT2D eigenvalue weighted by Crippen LogP contribution is 2.25. The molecular weight excluding hydrogens is 372 g/mol. The molecule has 4 rings (SSSR count). The minimum absolute atomic E-state index is 0.146. The Morgan fingerprint density at radius 2 is 1.90 bits per heavy atom. The van der Waals surface area contributed by atoms with Gasteiger partial charge in [-0.1, -0.05) is 48.0 Å². The number of para-hydroxylation sites is 1. The van der Waals surface area contributed by atoms with Gasteiger partial charge in [0.15, 0.2) is 6.61 Å². The predicted octanol–water partition coefficient (Wildman–Crippen LogP) is 3.35. The standard InChI is InChI=1S/C22H18N2O5/c1-14-6-8-15(9-7-14)19-12-17(16-4-2-3-5-18(16)23-19)21(26)29-13-20(25)24-10-11-28-22(24)27/h2-9,12H,10-11,13H2,1H3. The second-order valence-electron chi connectivity index (χ2n) is 6.67. The van der Waals surface area contributed by atoms with Gasteiger partial charge in [-0.25, -0.2) is 19.5 Å². The first-order chi connectivity index (χ1) is 14.0. The Kier molecular flexibility index (Phi) is 4.95. The van der Waals surface area contributed by atoms with Crippen LogP contribution in [0.25, 0.3) is 22.2 Å². The molecule has 0 atom stereocenters. The number of esters is 1. The van der Waals surface area contributed by atoms with Gasteiger partial charge >= 0.3 is 12.1 Å². The van der Waals surface area contributed by atoms with E-state index < -0.39 is 24.6 Å². The molecule has 2 heterocycles. The number of hydrogen-bond donors (Lipinski definition) is 0. The summed E-state index contributed by atoms with van der Waals surface area (Å²) in [6, 6.07) is 16.7. The SMILES string of the molecule is Cc1ccc(-c2cc(C(=O)OCC(=O)N3CCOC3=O)c3ccccc3n2)cc1. The van der Waals surface area contributed by atoms with E-state index in [1.54, 1.807) is 18.2 Å². The quantitative estimate of drug-likeness (QED) is 0.635. The molecule has 2 aromatic carbocycles. The maximum Gasteiger partial charge on any atom is 0.416 e. The van der Waals surface area contributed by atoms with E-state index in [4.69, 9.17) is 9.47 Å². The van der Waals surface area contributed by atoms with E-state index in [-0.39, 0.29) is 13.2 Å². The molecule has 1 aliphatic heterocycles. The van der Waals surface area contributed by atoms with Gasteiger partial charge in [0.2, 0.25) is 0 Å². The molecule has 7 nitrogen and oxygen atoms in total. The molecule has 1 aromatic heterocycles. The highest BCUT2D eigenvalue weighted by Gasteiger charge is 2.29. The van der Waals surface area contributed by atoms with Crippen LogP contribution in [0.15, 0.2) is 54.6 Å². The van der Waals surface area contributed by atoms with E-state index in [2.05, 4.69) is 4.98 Å². The molecule has 0 bridgehead atoms. The number of benzene rings is 2. The second kappa shape index (κ2) is 7.71. The van der Waals surface area contributed by atoms with Crippen LogP contribution in [0, 0.1) is 6.92 Å². The predicted molar refractivity (Wildman–Crippen MR) is 105 cm³/mol. The van der Waals surface area contributed by atoms with Crippen molar-refractivity contribution >= 4 is 28.9 Å². The number of pyridine rings is 1. The molecule has 0 N–H and O–H groups in total. The van der Waals surface area contributed by atoms with Gasteiger partial charge in [-0.2, -0.15) is 0 Å². The minimum atomic E-state index is -0.720. The third-order valence-electron chi connectivity index (χ3n) is 4.67. The largest absolute Gasteiger partial charge is 0.452 e. The molecule has 146 valence electrons. The third kappa shape index (κ3) is 3.80. The summed E-state index contributed by atoms with van der Waals surface area (Å²) in [5.74, 6) is -1.27. The van der Waals surface area contributed by atoms with Crippen LogP contribution in [0.1, 0.15) is 15.9 Å². The van der Waals surface area contributed by atoms with Gasteiger partial charge in [-0.05, 0) is 19.1 Å². The van der Waals surface area contributed by atoms with Crippen molar-refractivity contribution in [2.75, 3.05) is 19.8 Å². The van der Waals surface area contributed by atoms with Crippen LogP contribution in [0.5, 0.6) is 0 Å². The van der Waals surface area contributed by atoms with E-state index in [1.807, 2.05) is 43.3 Å². The van der Waals surface area contributed by atoms with Gasteiger partial charge in [0, 0.05) is 10.9 Å². The highest BCUT2D eigenvalue weighted by atomic mass is 16.6. The molecule has 0 radical (unpaired) electrons. The zero-order valence-electron chi connectivity index (χ0n) is 15.8. The number of cyclic esters (lactones) is 1. The van der Waals surface area contributed by atoms with Crippen molar-refractivity contribution in [1.82, 2.24) is 9.88 Å². The average Bonchev–Trinajstić information content (AvgIpc) is 3.17. The zero-order chi connectivity index (χ0) is 20.4. The van der Waals surface area contributed by atoms with Crippen LogP contribution in [-0.2, 0) is 14.3 Å². The monoisotopic (exact) mass is 390 g/mol. The summed E-state index contributed by atoms with van der Waals surface area (Å²) < 4.78 is 9.93. The molecule has 1 fully saturated rings. The molecule has 1 saturated heterocycles. The fourth-order valence-corrected chi connectivity index (χ4v) is 3.12. The third-order valence-corrected chi connectivity index (χ3v) is 4.67. The number of fused-ring (bicyclic) bond motifs is 1. The van der Waals surface area contributed by atoms with Crippen molar-refractivity contribution in [3.63, 3.8) is 0 Å². The molecule has 2 amide bonds. The smallest absolute Gasteiger partial charge is 0.416 e. The van der Waals surface area contributed by atoms with Crippen molar-refractivity contribution in [2.45, 2.75) is 6.92 Å². The summed E-state index contributed by atoms with van der Waals surface area (Å²) in [6.45, 7) is 1.76. The van der Waals surface area contributed by atoms with Crippen molar-refractivity contribution in [3.8, 4) is 11.3 Å². The van der Waals surface area contributed by atoms with Crippen LogP contribution >= 0.6 is 0 Å². The molecule has 7 heteroatoms. The zero-order valence-corrected chi connectivity index (χ0v) is 15.8. The Morgan fingerprint density at radius 1 is 1.14 bits per heavy atom. The van der Waals surface area contributed by atoms with Crippen LogP contribution in [0.3, 0.4) is 0 Å². The summed E-state index contributed by atoms with van der Waals surface area (Å²) in [4.78, 5) is 41.9. The molecule has 29 heavy (non-hydrogen) atoms. The summed E-state index contributed by atoms with van der Waals surface area (Å²) in [7, 11) is 0. The number of carbonyl (C=O) groups excluding carboxylic acids is 3. The molecule has 0 aliphatic carbocycles. The number of rotatable bonds is 4. The van der Waals surface area contributed by atoms with E-state index in [0.29, 0.717) is 22.2 Å². The van der Waals surface area contributed by atoms with Gasteiger partial charge in [0.25, 0.3) is 5.91 Å². The summed E-state index contributed by atoms with van der Waals surface area (Å²) >= 11 is 0. The minimum Gasteiger partial charge on any atom is -0.452 e. The Labute approximate surface area is 166 Å². The van der Waals surface area contributed by atoms with Crippen molar-refractivity contribution in [1.29, 1.82) is 0 Å². The normalized spacial score (nSPS) is 13.4. The number of nitrogens with zero attached hydrogens (tertiary/aromatic N) is 2. The highest BCUT2D eigenvalue weighted by molar-refractivity contribution is 6.05. The molecule has 0 unspecified atom stereocenters. The summed E-state index contributed by atoms with van der Waals surface area (Å²) in [5, 5.41) is 0.626. The lowest BCUT2D eigenvalue weighted by molar-refractivity contribution is -0.131. The van der Waals surface area contributed by atoms with E-state index in [0.717, 1.165) is 16.0 Å². The lowest BCUT2D eigenvalue weighted by Gasteiger charge is -2.12. The second-order valence-corrected chi connectivity index (χ2v) is 6.67. The Bertz CT molecular complexity index is 1110. The Hall–Kier alpha value is -3.74. The number of carbonyl (C=O) groups is 3. The number of ether oxygens (including phenoxy) is 2. The van der Waals surface area contributed by atoms with Gasteiger partial charge in [-0.15, -0.1) is 0 Å². The van der Waals surface area contributed by atoms with Gasteiger partial charge in [0.05, 0.1) is 23.3 Å². The van der Waals surface area contributed by atoms with Gasteiger partial charge in [0.1, 0.15) is 6.61 Å². The summed E-state index contributed by atoms with van der Waals surface area (Å²) in [6.07, 6.45) is -0.720. The van der Waals surface area contributed by atoms with Gasteiger partial charge < -0.3 is 9.47 Å². The van der Waals surface area contributed by atoms with E-state index in [1.165, 1.54) is 0 Å². The maximum atomic E-state index is 12.8. The molecule has 1 aliphatic rings. The number of imide groups is 1. The van der Waals surface area contributed by atoms with E-state index in [9.17, 15) is 14.4 Å². The topological polar surface area (TPSA) is 85.8 Å². The first kappa shape index (κ1) is 18.6. The fraction of sp³-hybridized carbons (Fsp3) is 0.182. The molecule has 0 saturated carbocycles. The first-order valence-electron chi connectivity index (χ1n) is 9.14.